The van der Waals surface area contributed by atoms with Crippen LogP contribution in [0.4, 0.5) is 5.69 Å². The number of hydrogen-bond donors (Lipinski definition) is 1. The van der Waals surface area contributed by atoms with E-state index in [4.69, 9.17) is 0 Å². The van der Waals surface area contributed by atoms with E-state index in [1.54, 1.807) is 0 Å². The molecule has 2 heteroatoms. The molecule has 1 aromatic carbocycles. The number of nitrogens with one attached hydrogen (secondary N) is 1. The number of amides is 1. The molecule has 0 fully saturated rings. The van der Waals surface area contributed by atoms with Gasteiger partial charge in [0.2, 0.25) is 5.91 Å². The average molecular weight is 370 g/mol. The Morgan fingerprint density at radius 2 is 1.70 bits per heavy atom. The second kappa shape index (κ2) is 15.9. The monoisotopic (exact) mass is 369 g/mol. The maximum atomic E-state index is 11.9. The normalized spacial score (nSPS) is 11.1. The van der Waals surface area contributed by atoms with E-state index in [0.29, 0.717) is 6.42 Å². The Labute approximate surface area is 168 Å². The van der Waals surface area contributed by atoms with Crippen LogP contribution in [0.1, 0.15) is 72.8 Å². The number of aryl methyl sites for hydroxylation is 1. The van der Waals surface area contributed by atoms with Crippen molar-refractivity contribution in [3.8, 4) is 12.8 Å². The third-order valence-electron chi connectivity index (χ3n) is 4.07. The molecule has 0 bridgehead atoms. The number of benzene rings is 1. The summed E-state index contributed by atoms with van der Waals surface area (Å²) in [7, 11) is 0. The SMILES string of the molecule is C#C.C/C=C\C/C(C)=C\C.CCCC(C)(C)CC(=O)Nc1ccc(C)cc1. The molecule has 0 saturated carbocycles. The number of carbonyl (C=O) groups excluding carboxylic acids is 1. The fourth-order valence-corrected chi connectivity index (χ4v) is 2.46. The maximum Gasteiger partial charge on any atom is 0.224 e. The third-order valence-corrected chi connectivity index (χ3v) is 4.07. The van der Waals surface area contributed by atoms with Gasteiger partial charge in [-0.15, -0.1) is 12.8 Å². The molecule has 0 aliphatic rings. The lowest BCUT2D eigenvalue weighted by molar-refractivity contribution is -0.118. The van der Waals surface area contributed by atoms with Gasteiger partial charge in [0.15, 0.2) is 0 Å². The quantitative estimate of drug-likeness (QED) is 0.396. The topological polar surface area (TPSA) is 29.1 Å². The summed E-state index contributed by atoms with van der Waals surface area (Å²) in [5, 5.41) is 2.94. The van der Waals surface area contributed by atoms with Gasteiger partial charge in [0.1, 0.15) is 0 Å². The zero-order chi connectivity index (χ0) is 21.3. The number of hydrogen-bond acceptors (Lipinski definition) is 1. The lowest BCUT2D eigenvalue weighted by Crippen LogP contribution is -2.22. The Morgan fingerprint density at radius 1 is 1.15 bits per heavy atom. The highest BCUT2D eigenvalue weighted by molar-refractivity contribution is 5.91. The van der Waals surface area contributed by atoms with Crippen molar-refractivity contribution in [2.45, 2.75) is 74.1 Å². The molecule has 1 rings (SSSR count). The molecule has 0 unspecified atom stereocenters. The van der Waals surface area contributed by atoms with E-state index in [-0.39, 0.29) is 11.3 Å². The summed E-state index contributed by atoms with van der Waals surface area (Å²) in [6.07, 6.45) is 18.3. The molecule has 0 radical (unpaired) electrons. The minimum absolute atomic E-state index is 0.0868. The number of rotatable bonds is 7. The summed E-state index contributed by atoms with van der Waals surface area (Å²) in [6.45, 7) is 14.7. The minimum atomic E-state index is 0.0868. The summed E-state index contributed by atoms with van der Waals surface area (Å²) >= 11 is 0. The van der Waals surface area contributed by atoms with Gasteiger partial charge in [-0.05, 0) is 58.1 Å². The first-order chi connectivity index (χ1) is 12.7. The summed E-state index contributed by atoms with van der Waals surface area (Å²) in [5.74, 6) is 0.104. The highest BCUT2D eigenvalue weighted by atomic mass is 16.1. The van der Waals surface area contributed by atoms with Gasteiger partial charge in [0.25, 0.3) is 0 Å². The van der Waals surface area contributed by atoms with Crippen molar-refractivity contribution in [3.63, 3.8) is 0 Å². The molecule has 1 amide bonds. The number of carbonyl (C=O) groups is 1. The number of allylic oxidation sites excluding steroid dienone is 4. The summed E-state index contributed by atoms with van der Waals surface area (Å²) in [6, 6.07) is 7.90. The van der Waals surface area contributed by atoms with Crippen LogP contribution in [-0.2, 0) is 4.79 Å². The molecule has 0 saturated heterocycles. The first kappa shape index (κ1) is 27.0. The van der Waals surface area contributed by atoms with Gasteiger partial charge in [-0.2, -0.15) is 0 Å². The second-order valence-electron chi connectivity index (χ2n) is 7.41. The predicted octanol–water partition coefficient (Wildman–Crippen LogP) is 7.32. The Kier molecular flexibility index (Phi) is 15.9. The minimum Gasteiger partial charge on any atom is -0.326 e. The van der Waals surface area contributed by atoms with Crippen LogP contribution in [0.3, 0.4) is 0 Å². The summed E-state index contributed by atoms with van der Waals surface area (Å²) in [4.78, 5) is 11.9. The van der Waals surface area contributed by atoms with Crippen molar-refractivity contribution in [1.82, 2.24) is 0 Å². The van der Waals surface area contributed by atoms with Crippen LogP contribution in [0.2, 0.25) is 0 Å². The van der Waals surface area contributed by atoms with Crippen molar-refractivity contribution in [2.75, 3.05) is 5.32 Å². The van der Waals surface area contributed by atoms with E-state index in [9.17, 15) is 4.79 Å². The molecule has 150 valence electrons. The van der Waals surface area contributed by atoms with Gasteiger partial charge in [0, 0.05) is 12.1 Å². The Balaban J connectivity index is 0. The standard InChI is InChI=1S/C15H23NO.C8H14.C2H2/c1-5-10-15(3,4)11-14(17)16-13-8-6-12(2)7-9-13;1-4-6-7-8(3)5-2;1-2/h6-9H,5,10-11H2,1-4H3,(H,16,17);4-6H,7H2,1-3H3;1-2H/b;6-4-,8-5-;. The fourth-order valence-electron chi connectivity index (χ4n) is 2.46. The molecule has 0 atom stereocenters. The molecule has 0 heterocycles. The van der Waals surface area contributed by atoms with E-state index in [2.05, 4.69) is 71.0 Å². The predicted molar refractivity (Wildman–Crippen MR) is 122 cm³/mol. The van der Waals surface area contributed by atoms with Crippen LogP contribution in [0.15, 0.2) is 48.1 Å². The molecular formula is C25H39NO. The second-order valence-corrected chi connectivity index (χ2v) is 7.41. The zero-order valence-corrected chi connectivity index (χ0v) is 18.4. The zero-order valence-electron chi connectivity index (χ0n) is 18.4. The largest absolute Gasteiger partial charge is 0.326 e. The highest BCUT2D eigenvalue weighted by Crippen LogP contribution is 2.27. The average Bonchev–Trinajstić information content (AvgIpc) is 2.63. The molecule has 0 aromatic heterocycles. The highest BCUT2D eigenvalue weighted by Gasteiger charge is 2.20. The first-order valence-electron chi connectivity index (χ1n) is 9.67. The van der Waals surface area contributed by atoms with Crippen LogP contribution in [0.25, 0.3) is 0 Å². The van der Waals surface area contributed by atoms with Gasteiger partial charge in [-0.25, -0.2) is 0 Å². The van der Waals surface area contributed by atoms with Crippen LogP contribution >= 0.6 is 0 Å². The van der Waals surface area contributed by atoms with E-state index in [0.717, 1.165) is 24.9 Å². The molecular weight excluding hydrogens is 330 g/mol. The Hall–Kier alpha value is -2.27. The van der Waals surface area contributed by atoms with Crippen molar-refractivity contribution in [1.29, 1.82) is 0 Å². The lowest BCUT2D eigenvalue weighted by atomic mass is 9.84. The van der Waals surface area contributed by atoms with Crippen LogP contribution in [-0.4, -0.2) is 5.91 Å². The van der Waals surface area contributed by atoms with Crippen molar-refractivity contribution < 1.29 is 4.79 Å². The maximum absolute atomic E-state index is 11.9. The van der Waals surface area contributed by atoms with Gasteiger partial charge in [-0.3, -0.25) is 4.79 Å². The number of terminal acetylenes is 1. The lowest BCUT2D eigenvalue weighted by Gasteiger charge is -2.23. The molecule has 0 spiro atoms. The molecule has 2 nitrogen and oxygen atoms in total. The van der Waals surface area contributed by atoms with Crippen LogP contribution < -0.4 is 5.32 Å². The molecule has 1 N–H and O–H groups in total. The first-order valence-corrected chi connectivity index (χ1v) is 9.67. The van der Waals surface area contributed by atoms with Crippen molar-refractivity contribution in [3.05, 3.63) is 53.6 Å². The molecule has 0 aliphatic heterocycles. The van der Waals surface area contributed by atoms with E-state index < -0.39 is 0 Å². The smallest absolute Gasteiger partial charge is 0.224 e. The summed E-state index contributed by atoms with van der Waals surface area (Å²) in [5.41, 5.74) is 3.61. The van der Waals surface area contributed by atoms with E-state index in [1.165, 1.54) is 11.1 Å². The Bertz CT molecular complexity index is 588. The van der Waals surface area contributed by atoms with Crippen molar-refractivity contribution in [2.24, 2.45) is 5.41 Å². The van der Waals surface area contributed by atoms with Gasteiger partial charge < -0.3 is 5.32 Å². The van der Waals surface area contributed by atoms with Crippen molar-refractivity contribution >= 4 is 11.6 Å². The molecule has 27 heavy (non-hydrogen) atoms. The van der Waals surface area contributed by atoms with E-state index >= 15 is 0 Å². The summed E-state index contributed by atoms with van der Waals surface area (Å²) < 4.78 is 0. The van der Waals surface area contributed by atoms with Gasteiger partial charge >= 0.3 is 0 Å². The van der Waals surface area contributed by atoms with Gasteiger partial charge in [0.05, 0.1) is 0 Å². The molecule has 0 aliphatic carbocycles. The third kappa shape index (κ3) is 15.7. The van der Waals surface area contributed by atoms with Crippen LogP contribution in [0.5, 0.6) is 0 Å². The van der Waals surface area contributed by atoms with E-state index in [1.807, 2.05) is 38.1 Å². The number of anilines is 1. The Morgan fingerprint density at radius 3 is 2.15 bits per heavy atom. The van der Waals surface area contributed by atoms with Gasteiger partial charge in [-0.1, -0.05) is 68.7 Å². The van der Waals surface area contributed by atoms with Crippen LogP contribution in [0, 0.1) is 25.2 Å². The fraction of sp³-hybridized carbons (Fsp3) is 0.480. The molecule has 1 aromatic rings.